The van der Waals surface area contributed by atoms with Crippen LogP contribution in [-0.2, 0) is 15.8 Å². The van der Waals surface area contributed by atoms with Crippen molar-refractivity contribution in [3.05, 3.63) is 59.7 Å². The molecule has 0 amide bonds. The molecule has 27 heavy (non-hydrogen) atoms. The molecule has 2 aliphatic rings. The summed E-state index contributed by atoms with van der Waals surface area (Å²) in [5, 5.41) is 9.67. The van der Waals surface area contributed by atoms with Crippen LogP contribution in [0.5, 0.6) is 11.5 Å². The molecule has 0 aliphatic carbocycles. The van der Waals surface area contributed by atoms with Gasteiger partial charge in [-0.05, 0) is 17.7 Å². The molecule has 0 atom stereocenters. The Morgan fingerprint density at radius 3 is 2.48 bits per heavy atom. The van der Waals surface area contributed by atoms with Gasteiger partial charge < -0.3 is 9.84 Å². The van der Waals surface area contributed by atoms with Gasteiger partial charge in [0.15, 0.2) is 5.78 Å². The number of phenolic OH excluding ortho intramolecular Hbond substituents is 1. The van der Waals surface area contributed by atoms with Crippen LogP contribution in [0.4, 0.5) is 0 Å². The van der Waals surface area contributed by atoms with E-state index in [0.717, 1.165) is 5.56 Å². The zero-order valence-corrected chi connectivity index (χ0v) is 15.6. The van der Waals surface area contributed by atoms with Crippen molar-refractivity contribution in [1.29, 1.82) is 0 Å². The molecule has 1 saturated heterocycles. The number of aromatic hydroxyl groups is 1. The van der Waals surface area contributed by atoms with Gasteiger partial charge in [-0.1, -0.05) is 30.3 Å². The van der Waals surface area contributed by atoms with Gasteiger partial charge in [-0.3, -0.25) is 4.79 Å². The average Bonchev–Trinajstić information content (AvgIpc) is 2.62. The van der Waals surface area contributed by atoms with E-state index in [0.29, 0.717) is 37.2 Å². The first kappa shape index (κ1) is 18.0. The van der Waals surface area contributed by atoms with Crippen LogP contribution in [0, 0.1) is 0 Å². The molecule has 0 bridgehead atoms. The van der Waals surface area contributed by atoms with Crippen LogP contribution in [-0.4, -0.2) is 42.3 Å². The lowest BCUT2D eigenvalue weighted by molar-refractivity contribution is 0.00578. The van der Waals surface area contributed by atoms with Crippen LogP contribution < -0.4 is 4.74 Å². The number of carbonyl (C=O) groups is 1. The van der Waals surface area contributed by atoms with Crippen molar-refractivity contribution in [3.8, 4) is 11.5 Å². The van der Waals surface area contributed by atoms with E-state index in [9.17, 15) is 18.3 Å². The Morgan fingerprint density at radius 1 is 1.07 bits per heavy atom. The molecule has 6 nitrogen and oxygen atoms in total. The number of ether oxygens (including phenoxy) is 1. The fourth-order valence-electron chi connectivity index (χ4n) is 3.81. The number of benzene rings is 2. The molecule has 1 spiro atoms. The summed E-state index contributed by atoms with van der Waals surface area (Å²) in [6, 6.07) is 13.6. The van der Waals surface area contributed by atoms with Gasteiger partial charge in [0, 0.05) is 32.0 Å². The van der Waals surface area contributed by atoms with E-state index in [4.69, 9.17) is 4.74 Å². The first-order valence-electron chi connectivity index (χ1n) is 8.94. The number of hydrogen-bond donors (Lipinski definition) is 1. The predicted molar refractivity (Wildman–Crippen MR) is 100 cm³/mol. The molecule has 0 unspecified atom stereocenters. The number of hydrogen-bond acceptors (Lipinski definition) is 5. The maximum atomic E-state index is 12.7. The molecule has 142 valence electrons. The topological polar surface area (TPSA) is 83.9 Å². The molecule has 7 heteroatoms. The summed E-state index contributed by atoms with van der Waals surface area (Å²) in [5.41, 5.74) is 0.528. The zero-order valence-electron chi connectivity index (χ0n) is 14.8. The summed E-state index contributed by atoms with van der Waals surface area (Å²) in [7, 11) is -3.42. The minimum atomic E-state index is -3.42. The molecule has 0 radical (unpaired) electrons. The van der Waals surface area contributed by atoms with Gasteiger partial charge in [0.1, 0.15) is 17.1 Å². The molecule has 2 heterocycles. The number of carbonyl (C=O) groups excluding carboxylic acids is 1. The van der Waals surface area contributed by atoms with Gasteiger partial charge in [0.2, 0.25) is 10.0 Å². The maximum absolute atomic E-state index is 12.7. The minimum absolute atomic E-state index is 0.0304. The van der Waals surface area contributed by atoms with E-state index >= 15 is 0 Å². The number of piperidine rings is 1. The quantitative estimate of drug-likeness (QED) is 0.875. The number of sulfonamides is 1. The summed E-state index contributed by atoms with van der Waals surface area (Å²) in [5.74, 6) is 0.363. The minimum Gasteiger partial charge on any atom is -0.508 e. The molecule has 2 aromatic carbocycles. The van der Waals surface area contributed by atoms with Crippen LogP contribution >= 0.6 is 0 Å². The largest absolute Gasteiger partial charge is 0.508 e. The Balaban J connectivity index is 1.48. The van der Waals surface area contributed by atoms with Crippen molar-refractivity contribution >= 4 is 15.8 Å². The fourth-order valence-corrected chi connectivity index (χ4v) is 5.35. The van der Waals surface area contributed by atoms with E-state index in [1.54, 1.807) is 18.2 Å². The van der Waals surface area contributed by atoms with Crippen LogP contribution in [0.25, 0.3) is 0 Å². The van der Waals surface area contributed by atoms with Crippen LogP contribution in [0.15, 0.2) is 48.5 Å². The molecule has 4 rings (SSSR count). The number of fused-ring (bicyclic) bond motifs is 1. The van der Waals surface area contributed by atoms with Crippen LogP contribution in [0.1, 0.15) is 35.2 Å². The summed E-state index contributed by atoms with van der Waals surface area (Å²) in [4.78, 5) is 12.5. The van der Waals surface area contributed by atoms with Gasteiger partial charge >= 0.3 is 0 Å². The lowest BCUT2D eigenvalue weighted by atomic mass is 9.83. The van der Waals surface area contributed by atoms with E-state index in [1.165, 1.54) is 16.4 Å². The molecule has 0 saturated carbocycles. The van der Waals surface area contributed by atoms with Gasteiger partial charge in [-0.15, -0.1) is 0 Å². The summed E-state index contributed by atoms with van der Waals surface area (Å²) >= 11 is 0. The highest BCUT2D eigenvalue weighted by molar-refractivity contribution is 7.88. The van der Waals surface area contributed by atoms with Gasteiger partial charge in [0.05, 0.1) is 17.7 Å². The summed E-state index contributed by atoms with van der Waals surface area (Å²) < 4.78 is 33.0. The van der Waals surface area contributed by atoms with E-state index < -0.39 is 15.6 Å². The SMILES string of the molecule is O=C1CC2(CCN(S(=O)(=O)Cc3ccccc3)CC2)Oc2cc(O)ccc21. The van der Waals surface area contributed by atoms with E-state index in [1.807, 2.05) is 18.2 Å². The van der Waals surface area contributed by atoms with Crippen molar-refractivity contribution in [3.63, 3.8) is 0 Å². The van der Waals surface area contributed by atoms with E-state index in [2.05, 4.69) is 0 Å². The number of nitrogens with zero attached hydrogens (tertiary/aromatic N) is 1. The van der Waals surface area contributed by atoms with Gasteiger partial charge in [-0.2, -0.15) is 0 Å². The Labute approximate surface area is 158 Å². The van der Waals surface area contributed by atoms with Crippen molar-refractivity contribution in [2.45, 2.75) is 30.6 Å². The normalized spacial score (nSPS) is 19.5. The molecular formula is C20H21NO5S. The van der Waals surface area contributed by atoms with Crippen LogP contribution in [0.3, 0.4) is 0 Å². The van der Waals surface area contributed by atoms with Gasteiger partial charge in [-0.25, -0.2) is 12.7 Å². The van der Waals surface area contributed by atoms with Crippen molar-refractivity contribution in [2.24, 2.45) is 0 Å². The summed E-state index contributed by atoms with van der Waals surface area (Å²) in [6.45, 7) is 0.632. The lowest BCUT2D eigenvalue weighted by Gasteiger charge is -2.43. The third-order valence-electron chi connectivity index (χ3n) is 5.29. The van der Waals surface area contributed by atoms with Crippen molar-refractivity contribution in [2.75, 3.05) is 13.1 Å². The highest BCUT2D eigenvalue weighted by Crippen LogP contribution is 2.41. The van der Waals surface area contributed by atoms with Crippen LogP contribution in [0.2, 0.25) is 0 Å². The number of rotatable bonds is 3. The number of ketones is 1. The molecule has 2 aliphatic heterocycles. The zero-order chi connectivity index (χ0) is 19.1. The Morgan fingerprint density at radius 2 is 1.78 bits per heavy atom. The predicted octanol–water partition coefficient (Wildman–Crippen LogP) is 2.72. The third-order valence-corrected chi connectivity index (χ3v) is 7.14. The second-order valence-electron chi connectivity index (χ2n) is 7.21. The third kappa shape index (κ3) is 3.57. The highest BCUT2D eigenvalue weighted by atomic mass is 32.2. The van der Waals surface area contributed by atoms with Crippen molar-refractivity contribution in [1.82, 2.24) is 4.31 Å². The standard InChI is InChI=1S/C20H21NO5S/c22-16-6-7-17-18(23)13-20(26-19(17)12-16)8-10-21(11-9-20)27(24,25)14-15-4-2-1-3-5-15/h1-7,12,22H,8-11,13-14H2. The molecule has 2 aromatic rings. The first-order valence-corrected chi connectivity index (χ1v) is 10.5. The van der Waals surface area contributed by atoms with E-state index in [-0.39, 0.29) is 23.7 Å². The average molecular weight is 387 g/mol. The van der Waals surface area contributed by atoms with Crippen molar-refractivity contribution < 1.29 is 23.1 Å². The second-order valence-corrected chi connectivity index (χ2v) is 9.18. The summed E-state index contributed by atoms with van der Waals surface area (Å²) in [6.07, 6.45) is 1.13. The molecule has 0 aromatic heterocycles. The molecular weight excluding hydrogens is 366 g/mol. The van der Waals surface area contributed by atoms with Gasteiger partial charge in [0.25, 0.3) is 0 Å². The smallest absolute Gasteiger partial charge is 0.218 e. The fraction of sp³-hybridized carbons (Fsp3) is 0.350. The Hall–Kier alpha value is -2.38. The lowest BCUT2D eigenvalue weighted by Crippen LogP contribution is -2.52. The first-order chi connectivity index (χ1) is 12.9. The maximum Gasteiger partial charge on any atom is 0.218 e. The highest BCUT2D eigenvalue weighted by Gasteiger charge is 2.44. The second kappa shape index (κ2) is 6.65. The molecule has 1 N–H and O–H groups in total. The Bertz CT molecular complexity index is 963. The monoisotopic (exact) mass is 387 g/mol. The Kier molecular flexibility index (Phi) is 4.44. The molecule has 1 fully saturated rings. The number of Topliss-reactive ketones (excluding diaryl/α,β-unsaturated/α-hetero) is 1. The number of phenols is 1.